The van der Waals surface area contributed by atoms with Crippen molar-refractivity contribution in [3.05, 3.63) is 82.9 Å². The minimum Gasteiger partial charge on any atom is -0.457 e. The number of hydrogen-bond acceptors (Lipinski definition) is 5. The third-order valence-corrected chi connectivity index (χ3v) is 7.19. The van der Waals surface area contributed by atoms with Gasteiger partial charge in [-0.15, -0.1) is 0 Å². The van der Waals surface area contributed by atoms with Gasteiger partial charge >= 0.3 is 0 Å². The van der Waals surface area contributed by atoms with Crippen LogP contribution in [0.5, 0.6) is 11.5 Å². The molecule has 0 spiro atoms. The summed E-state index contributed by atoms with van der Waals surface area (Å²) in [6, 6.07) is 16.8. The summed E-state index contributed by atoms with van der Waals surface area (Å²) in [6.45, 7) is 0. The lowest BCUT2D eigenvalue weighted by Gasteiger charge is -2.22. The summed E-state index contributed by atoms with van der Waals surface area (Å²) in [5.74, 6) is 2.31. The summed E-state index contributed by atoms with van der Waals surface area (Å²) in [6.07, 6.45) is 6.97. The average Bonchev–Trinajstić information content (AvgIpc) is 3.53. The van der Waals surface area contributed by atoms with Gasteiger partial charge in [0.15, 0.2) is 5.78 Å². The number of carbonyl (C=O) groups excluding carboxylic acids is 1. The first-order valence-corrected chi connectivity index (χ1v) is 12.3. The highest BCUT2D eigenvalue weighted by Gasteiger charge is 2.26. The molecule has 5 aromatic rings. The molecule has 0 atom stereocenters. The number of ketones is 1. The fourth-order valence-corrected chi connectivity index (χ4v) is 5.22. The van der Waals surface area contributed by atoms with Crippen molar-refractivity contribution in [2.75, 3.05) is 0 Å². The van der Waals surface area contributed by atoms with Crippen molar-refractivity contribution in [1.82, 2.24) is 19.9 Å². The van der Waals surface area contributed by atoms with E-state index in [0.29, 0.717) is 44.2 Å². The Morgan fingerprint density at radius 1 is 1.06 bits per heavy atom. The van der Waals surface area contributed by atoms with Crippen LogP contribution in [0.2, 0.25) is 5.02 Å². The van der Waals surface area contributed by atoms with Crippen LogP contribution in [0.25, 0.3) is 22.1 Å². The molecule has 1 saturated carbocycles. The molecule has 0 radical (unpaired) electrons. The summed E-state index contributed by atoms with van der Waals surface area (Å²) in [7, 11) is 0. The third-order valence-electron chi connectivity index (χ3n) is 6.88. The largest absolute Gasteiger partial charge is 0.457 e. The fourth-order valence-electron chi connectivity index (χ4n) is 4.96. The number of H-pyrrole nitrogens is 2. The number of fused-ring (bicyclic) bond motifs is 3. The van der Waals surface area contributed by atoms with Gasteiger partial charge in [-0.05, 0) is 49.9 Å². The maximum Gasteiger partial charge on any atom is 0.196 e. The lowest BCUT2D eigenvalue weighted by atomic mass is 9.82. The Hall–Kier alpha value is -4.15. The summed E-state index contributed by atoms with van der Waals surface area (Å²) in [4.78, 5) is 29.5. The van der Waals surface area contributed by atoms with E-state index in [1.807, 2.05) is 30.3 Å². The van der Waals surface area contributed by atoms with Crippen LogP contribution in [0.15, 0.2) is 60.9 Å². The summed E-state index contributed by atoms with van der Waals surface area (Å²) < 4.78 is 5.84. The van der Waals surface area contributed by atoms with E-state index in [-0.39, 0.29) is 17.6 Å². The van der Waals surface area contributed by atoms with Gasteiger partial charge in [0, 0.05) is 29.7 Å². The monoisotopic (exact) mass is 495 g/mol. The number of aromatic nitrogens is 4. The number of rotatable bonds is 5. The van der Waals surface area contributed by atoms with Crippen molar-refractivity contribution >= 4 is 39.5 Å². The number of ether oxygens (including phenoxy) is 1. The van der Waals surface area contributed by atoms with E-state index in [9.17, 15) is 10.1 Å². The molecular formula is C28H22ClN5O2. The molecule has 36 heavy (non-hydrogen) atoms. The highest BCUT2D eigenvalue weighted by Crippen LogP contribution is 2.37. The second-order valence-electron chi connectivity index (χ2n) is 9.13. The molecule has 0 bridgehead atoms. The van der Waals surface area contributed by atoms with Crippen molar-refractivity contribution in [3.63, 3.8) is 0 Å². The van der Waals surface area contributed by atoms with Crippen molar-refractivity contribution in [2.45, 2.75) is 31.6 Å². The fraction of sp³-hybridized carbons (Fsp3) is 0.214. The Bertz CT molecular complexity index is 1620. The van der Waals surface area contributed by atoms with Crippen LogP contribution in [-0.4, -0.2) is 25.7 Å². The van der Waals surface area contributed by atoms with Gasteiger partial charge in [0.05, 0.1) is 33.8 Å². The first-order valence-electron chi connectivity index (χ1n) is 11.9. The van der Waals surface area contributed by atoms with E-state index in [1.165, 1.54) is 0 Å². The van der Waals surface area contributed by atoms with Gasteiger partial charge in [0.25, 0.3) is 0 Å². The number of nitrogens with zero attached hydrogens (tertiary/aromatic N) is 3. The maximum absolute atomic E-state index is 13.6. The SMILES string of the molecule is N#C[C@H]1CC[C@@H](c2nc3cnc4[nH]cc(C(=O)c5ccc(Oc6ccccc6)cc5Cl)c4c3[nH]2)CC1. The van der Waals surface area contributed by atoms with Gasteiger partial charge in [0.2, 0.25) is 0 Å². The smallest absolute Gasteiger partial charge is 0.196 e. The molecule has 178 valence electrons. The maximum atomic E-state index is 13.6. The van der Waals surface area contributed by atoms with Crippen molar-refractivity contribution in [2.24, 2.45) is 5.92 Å². The van der Waals surface area contributed by atoms with Gasteiger partial charge in [-0.2, -0.15) is 5.26 Å². The van der Waals surface area contributed by atoms with Crippen LogP contribution in [0.4, 0.5) is 0 Å². The van der Waals surface area contributed by atoms with Crippen LogP contribution in [0.1, 0.15) is 53.3 Å². The molecule has 6 rings (SSSR count). The molecule has 8 heteroatoms. The number of halogens is 1. The topological polar surface area (TPSA) is 107 Å². The van der Waals surface area contributed by atoms with Gasteiger partial charge in [0.1, 0.15) is 28.5 Å². The lowest BCUT2D eigenvalue weighted by molar-refractivity contribution is 0.104. The van der Waals surface area contributed by atoms with E-state index in [1.54, 1.807) is 30.6 Å². The second kappa shape index (κ2) is 9.14. The minimum atomic E-state index is -0.211. The van der Waals surface area contributed by atoms with Crippen LogP contribution < -0.4 is 4.74 Å². The number of benzene rings is 2. The molecule has 2 N–H and O–H groups in total. The Balaban J connectivity index is 1.33. The van der Waals surface area contributed by atoms with E-state index < -0.39 is 0 Å². The number of hydrogen-bond donors (Lipinski definition) is 2. The zero-order chi connectivity index (χ0) is 24.6. The molecule has 2 aromatic carbocycles. The molecule has 3 heterocycles. The molecule has 0 amide bonds. The number of nitrogens with one attached hydrogen (secondary N) is 2. The van der Waals surface area contributed by atoms with Gasteiger partial charge < -0.3 is 14.7 Å². The summed E-state index contributed by atoms with van der Waals surface area (Å²) in [5, 5.41) is 10.2. The van der Waals surface area contributed by atoms with E-state index >= 15 is 0 Å². The normalized spacial score (nSPS) is 17.8. The molecule has 0 unspecified atom stereocenters. The van der Waals surface area contributed by atoms with Crippen molar-refractivity contribution in [3.8, 4) is 17.6 Å². The predicted octanol–water partition coefficient (Wildman–Crippen LogP) is 6.91. The number of para-hydroxylation sites is 1. The molecule has 3 aromatic heterocycles. The zero-order valence-electron chi connectivity index (χ0n) is 19.3. The predicted molar refractivity (Wildman–Crippen MR) is 137 cm³/mol. The van der Waals surface area contributed by atoms with E-state index in [4.69, 9.17) is 21.3 Å². The van der Waals surface area contributed by atoms with Gasteiger partial charge in [-0.25, -0.2) is 9.97 Å². The van der Waals surface area contributed by atoms with Gasteiger partial charge in [-0.1, -0.05) is 29.8 Å². The molecule has 1 fully saturated rings. The Morgan fingerprint density at radius 2 is 1.86 bits per heavy atom. The lowest BCUT2D eigenvalue weighted by Crippen LogP contribution is -2.12. The molecular weight excluding hydrogens is 474 g/mol. The Morgan fingerprint density at radius 3 is 2.61 bits per heavy atom. The van der Waals surface area contributed by atoms with Crippen LogP contribution in [0.3, 0.4) is 0 Å². The number of carbonyl (C=O) groups is 1. The van der Waals surface area contributed by atoms with Crippen molar-refractivity contribution in [1.29, 1.82) is 5.26 Å². The first kappa shape index (κ1) is 22.3. The number of imidazole rings is 1. The number of nitriles is 1. The second-order valence-corrected chi connectivity index (χ2v) is 9.54. The highest BCUT2D eigenvalue weighted by atomic mass is 35.5. The first-order chi connectivity index (χ1) is 17.6. The van der Waals surface area contributed by atoms with E-state index in [0.717, 1.165) is 37.0 Å². The quantitative estimate of drug-likeness (QED) is 0.257. The van der Waals surface area contributed by atoms with Crippen LogP contribution in [0, 0.1) is 17.2 Å². The minimum absolute atomic E-state index is 0.127. The molecule has 1 aliphatic rings. The molecule has 7 nitrogen and oxygen atoms in total. The summed E-state index contributed by atoms with van der Waals surface area (Å²) in [5.41, 5.74) is 2.96. The Kier molecular flexibility index (Phi) is 5.67. The average molecular weight is 496 g/mol. The van der Waals surface area contributed by atoms with Crippen LogP contribution >= 0.6 is 11.6 Å². The van der Waals surface area contributed by atoms with E-state index in [2.05, 4.69) is 21.0 Å². The highest BCUT2D eigenvalue weighted by molar-refractivity contribution is 6.36. The number of aromatic amines is 2. The summed E-state index contributed by atoms with van der Waals surface area (Å²) >= 11 is 6.54. The Labute approximate surface area is 212 Å². The standard InChI is InChI=1S/C28H22ClN5O2/c29-22-12-19(36-18-4-2-1-3-5-18)10-11-20(22)26(35)21-14-31-28-24(21)25-23(15-32-28)33-27(34-25)17-8-6-16(13-30)7-9-17/h1-5,10-12,14-17H,6-9H2,(H,31,32)(H,33,34)/t16-,17+. The van der Waals surface area contributed by atoms with Crippen molar-refractivity contribution < 1.29 is 9.53 Å². The van der Waals surface area contributed by atoms with Crippen LogP contribution in [-0.2, 0) is 0 Å². The number of pyridine rings is 1. The zero-order valence-corrected chi connectivity index (χ0v) is 20.0. The molecule has 0 saturated heterocycles. The molecule has 1 aliphatic carbocycles. The molecule has 0 aliphatic heterocycles. The third kappa shape index (κ3) is 4.00. The van der Waals surface area contributed by atoms with Gasteiger partial charge in [-0.3, -0.25) is 4.79 Å².